The first kappa shape index (κ1) is 10.7. The molecule has 0 amide bonds. The molecule has 1 aromatic carbocycles. The summed E-state index contributed by atoms with van der Waals surface area (Å²) in [5.41, 5.74) is 2.93. The zero-order valence-electron chi connectivity index (χ0n) is 10.1. The summed E-state index contributed by atoms with van der Waals surface area (Å²) in [6.45, 7) is 8.29. The van der Waals surface area contributed by atoms with Gasteiger partial charge in [-0.15, -0.1) is 0 Å². The molecule has 0 aromatic heterocycles. The summed E-state index contributed by atoms with van der Waals surface area (Å²) in [6.07, 6.45) is 2.26. The zero-order valence-corrected chi connectivity index (χ0v) is 10.1. The van der Waals surface area contributed by atoms with Gasteiger partial charge in [0.05, 0.1) is 5.60 Å². The minimum atomic E-state index is -0.677. The highest BCUT2D eigenvalue weighted by atomic mass is 16.3. The molecule has 0 radical (unpaired) electrons. The van der Waals surface area contributed by atoms with Crippen molar-refractivity contribution in [2.45, 2.75) is 46.1 Å². The summed E-state index contributed by atoms with van der Waals surface area (Å²) in [6, 6.07) is 6.33. The van der Waals surface area contributed by atoms with Gasteiger partial charge in [-0.1, -0.05) is 30.7 Å². The van der Waals surface area contributed by atoms with Gasteiger partial charge in [-0.25, -0.2) is 0 Å². The minimum absolute atomic E-state index is 0.0888. The second kappa shape index (κ2) is 3.08. The Bertz CT molecular complexity index is 386. The van der Waals surface area contributed by atoms with E-state index in [1.165, 1.54) is 11.1 Å². The predicted molar refractivity (Wildman–Crippen MR) is 62.8 cm³/mol. The highest BCUT2D eigenvalue weighted by Gasteiger charge is 2.53. The molecule has 1 atom stereocenters. The van der Waals surface area contributed by atoms with E-state index in [-0.39, 0.29) is 5.41 Å². The quantitative estimate of drug-likeness (QED) is 0.783. The number of rotatable bonds is 2. The normalized spacial score (nSPS) is 22.2. The van der Waals surface area contributed by atoms with E-state index in [9.17, 15) is 5.11 Å². The third kappa shape index (κ3) is 1.59. The Hall–Kier alpha value is -0.820. The molecule has 1 aliphatic rings. The maximum absolute atomic E-state index is 10.7. The SMILES string of the molecule is Cc1ccc(C)c(C(C)(O)C2(C)CC2)c1. The molecular formula is C14H20O. The van der Waals surface area contributed by atoms with E-state index in [1.54, 1.807) is 0 Å². The van der Waals surface area contributed by atoms with Crippen LogP contribution >= 0.6 is 0 Å². The number of hydrogen-bond donors (Lipinski definition) is 1. The highest BCUT2D eigenvalue weighted by molar-refractivity contribution is 5.37. The van der Waals surface area contributed by atoms with Gasteiger partial charge in [0, 0.05) is 5.41 Å². The third-order valence-corrected chi connectivity index (χ3v) is 4.09. The number of hydrogen-bond acceptors (Lipinski definition) is 1. The van der Waals surface area contributed by atoms with Gasteiger partial charge in [0.2, 0.25) is 0 Å². The summed E-state index contributed by atoms with van der Waals surface area (Å²) in [7, 11) is 0. The van der Waals surface area contributed by atoms with Crippen LogP contribution in [0.25, 0.3) is 0 Å². The molecule has 1 N–H and O–H groups in total. The van der Waals surface area contributed by atoms with Crippen LogP contribution in [0.5, 0.6) is 0 Å². The number of aliphatic hydroxyl groups is 1. The monoisotopic (exact) mass is 204 g/mol. The van der Waals surface area contributed by atoms with Gasteiger partial charge in [-0.2, -0.15) is 0 Å². The Morgan fingerprint density at radius 1 is 1.27 bits per heavy atom. The second-order valence-electron chi connectivity index (χ2n) is 5.45. The van der Waals surface area contributed by atoms with E-state index in [1.807, 2.05) is 6.92 Å². The first-order valence-electron chi connectivity index (χ1n) is 5.67. The van der Waals surface area contributed by atoms with Crippen LogP contribution in [-0.4, -0.2) is 5.11 Å². The number of aryl methyl sites for hydroxylation is 2. The van der Waals surface area contributed by atoms with E-state index in [2.05, 4.69) is 39.0 Å². The summed E-state index contributed by atoms with van der Waals surface area (Å²) in [5.74, 6) is 0. The summed E-state index contributed by atoms with van der Waals surface area (Å²) in [4.78, 5) is 0. The van der Waals surface area contributed by atoms with E-state index < -0.39 is 5.60 Å². The van der Waals surface area contributed by atoms with Crippen molar-refractivity contribution < 1.29 is 5.11 Å². The topological polar surface area (TPSA) is 20.2 Å². The lowest BCUT2D eigenvalue weighted by Gasteiger charge is -2.32. The molecule has 2 rings (SSSR count). The smallest absolute Gasteiger partial charge is 0.0924 e. The largest absolute Gasteiger partial charge is 0.385 e. The zero-order chi connectivity index (χ0) is 11.3. The summed E-state index contributed by atoms with van der Waals surface area (Å²) < 4.78 is 0. The Balaban J connectivity index is 2.48. The van der Waals surface area contributed by atoms with Crippen molar-refractivity contribution in [1.29, 1.82) is 0 Å². The average molecular weight is 204 g/mol. The molecule has 0 heterocycles. The van der Waals surface area contributed by atoms with Gasteiger partial charge in [-0.3, -0.25) is 0 Å². The first-order chi connectivity index (χ1) is 6.87. The lowest BCUT2D eigenvalue weighted by molar-refractivity contribution is -0.0132. The molecule has 0 aliphatic heterocycles. The second-order valence-corrected chi connectivity index (χ2v) is 5.45. The van der Waals surface area contributed by atoms with Crippen LogP contribution < -0.4 is 0 Å². The first-order valence-corrected chi connectivity index (χ1v) is 5.67. The lowest BCUT2D eigenvalue weighted by Crippen LogP contribution is -2.32. The standard InChI is InChI=1S/C14H20O/c1-10-5-6-11(2)12(9-10)14(4,15)13(3)7-8-13/h5-6,9,15H,7-8H2,1-4H3. The van der Waals surface area contributed by atoms with Crippen LogP contribution in [0.4, 0.5) is 0 Å². The maximum atomic E-state index is 10.7. The molecule has 1 saturated carbocycles. The molecule has 1 aliphatic carbocycles. The van der Waals surface area contributed by atoms with E-state index in [0.717, 1.165) is 18.4 Å². The Labute approximate surface area is 92.1 Å². The van der Waals surface area contributed by atoms with Crippen molar-refractivity contribution in [3.05, 3.63) is 34.9 Å². The van der Waals surface area contributed by atoms with Crippen molar-refractivity contribution in [3.8, 4) is 0 Å². The molecule has 15 heavy (non-hydrogen) atoms. The van der Waals surface area contributed by atoms with Gasteiger partial charge in [0.1, 0.15) is 0 Å². The van der Waals surface area contributed by atoms with Crippen molar-refractivity contribution in [2.75, 3.05) is 0 Å². The van der Waals surface area contributed by atoms with Crippen molar-refractivity contribution in [2.24, 2.45) is 5.41 Å². The molecule has 1 fully saturated rings. The molecule has 82 valence electrons. The predicted octanol–water partition coefficient (Wildman–Crippen LogP) is 3.31. The summed E-state index contributed by atoms with van der Waals surface area (Å²) >= 11 is 0. The van der Waals surface area contributed by atoms with Crippen LogP contribution in [0.3, 0.4) is 0 Å². The number of benzene rings is 1. The van der Waals surface area contributed by atoms with Crippen LogP contribution in [0.2, 0.25) is 0 Å². The van der Waals surface area contributed by atoms with E-state index >= 15 is 0 Å². The van der Waals surface area contributed by atoms with Crippen molar-refractivity contribution >= 4 is 0 Å². The Morgan fingerprint density at radius 3 is 2.40 bits per heavy atom. The van der Waals surface area contributed by atoms with E-state index in [4.69, 9.17) is 0 Å². The van der Waals surface area contributed by atoms with Crippen molar-refractivity contribution in [3.63, 3.8) is 0 Å². The molecule has 1 heteroatoms. The fraction of sp³-hybridized carbons (Fsp3) is 0.571. The van der Waals surface area contributed by atoms with Crippen molar-refractivity contribution in [1.82, 2.24) is 0 Å². The van der Waals surface area contributed by atoms with Crippen LogP contribution in [0.15, 0.2) is 18.2 Å². The molecule has 1 unspecified atom stereocenters. The van der Waals surface area contributed by atoms with Gasteiger partial charge >= 0.3 is 0 Å². The van der Waals surface area contributed by atoms with E-state index in [0.29, 0.717) is 0 Å². The fourth-order valence-electron chi connectivity index (χ4n) is 2.26. The molecule has 0 saturated heterocycles. The highest BCUT2D eigenvalue weighted by Crippen LogP contribution is 2.58. The Morgan fingerprint density at radius 2 is 1.87 bits per heavy atom. The molecule has 0 bridgehead atoms. The third-order valence-electron chi connectivity index (χ3n) is 4.09. The van der Waals surface area contributed by atoms with Gasteiger partial charge in [0.25, 0.3) is 0 Å². The van der Waals surface area contributed by atoms with Crippen LogP contribution in [0.1, 0.15) is 43.4 Å². The van der Waals surface area contributed by atoms with Gasteiger partial charge in [-0.05, 0) is 44.7 Å². The average Bonchev–Trinajstić information content (AvgIpc) is 2.89. The molecule has 1 nitrogen and oxygen atoms in total. The summed E-state index contributed by atoms with van der Waals surface area (Å²) in [5, 5.41) is 10.7. The maximum Gasteiger partial charge on any atom is 0.0924 e. The lowest BCUT2D eigenvalue weighted by atomic mass is 9.79. The van der Waals surface area contributed by atoms with Crippen LogP contribution in [-0.2, 0) is 5.60 Å². The van der Waals surface area contributed by atoms with Gasteiger partial charge < -0.3 is 5.11 Å². The molecule has 0 spiro atoms. The minimum Gasteiger partial charge on any atom is -0.385 e. The fourth-order valence-corrected chi connectivity index (χ4v) is 2.26. The van der Waals surface area contributed by atoms with Gasteiger partial charge in [0.15, 0.2) is 0 Å². The molecule has 1 aromatic rings. The van der Waals surface area contributed by atoms with Crippen LogP contribution in [0, 0.1) is 19.3 Å². The molecular weight excluding hydrogens is 184 g/mol. The Kier molecular flexibility index (Phi) is 2.20.